The van der Waals surface area contributed by atoms with Crippen LogP contribution in [0.5, 0.6) is 5.75 Å². The highest BCUT2D eigenvalue weighted by molar-refractivity contribution is 7.80. The van der Waals surface area contributed by atoms with E-state index < -0.39 is 0 Å². The third-order valence-corrected chi connectivity index (χ3v) is 4.85. The summed E-state index contributed by atoms with van der Waals surface area (Å²) in [4.78, 5) is 6.26. The lowest BCUT2D eigenvalue weighted by molar-refractivity contribution is 0.113. The second-order valence-corrected chi connectivity index (χ2v) is 6.77. The number of pyridine rings is 1. The van der Waals surface area contributed by atoms with Crippen LogP contribution < -0.4 is 10.1 Å². The summed E-state index contributed by atoms with van der Waals surface area (Å²) in [6.45, 7) is 3.07. The van der Waals surface area contributed by atoms with Crippen molar-refractivity contribution in [2.45, 2.75) is 32.0 Å². The highest BCUT2D eigenvalue weighted by atomic mass is 32.1. The molecular formula is C20H25N3O2S. The number of ether oxygens (including phenoxy) is 2. The monoisotopic (exact) mass is 371 g/mol. The SMILES string of the molecule is COc1ccc(CN(Cc2ccncc2)C(=S)NCC2CCCO2)cc1. The minimum absolute atomic E-state index is 0.261. The van der Waals surface area contributed by atoms with Gasteiger partial charge in [0.05, 0.1) is 13.2 Å². The zero-order chi connectivity index (χ0) is 18.2. The quantitative estimate of drug-likeness (QED) is 0.755. The number of benzene rings is 1. The van der Waals surface area contributed by atoms with Gasteiger partial charge in [0.25, 0.3) is 0 Å². The summed E-state index contributed by atoms with van der Waals surface area (Å²) in [6, 6.07) is 12.1. The van der Waals surface area contributed by atoms with Crippen LogP contribution in [-0.4, -0.2) is 41.4 Å². The maximum Gasteiger partial charge on any atom is 0.169 e. The van der Waals surface area contributed by atoms with E-state index in [9.17, 15) is 0 Å². The molecule has 3 rings (SSSR count). The molecule has 0 bridgehead atoms. The molecule has 0 radical (unpaired) electrons. The summed E-state index contributed by atoms with van der Waals surface area (Å²) in [5.74, 6) is 0.855. The van der Waals surface area contributed by atoms with Crippen molar-refractivity contribution in [2.24, 2.45) is 0 Å². The lowest BCUT2D eigenvalue weighted by Crippen LogP contribution is -2.41. The molecule has 1 unspecified atom stereocenters. The van der Waals surface area contributed by atoms with Crippen molar-refractivity contribution in [3.63, 3.8) is 0 Å². The van der Waals surface area contributed by atoms with Crippen LogP contribution in [0.15, 0.2) is 48.8 Å². The molecule has 1 atom stereocenters. The van der Waals surface area contributed by atoms with Crippen LogP contribution >= 0.6 is 12.2 Å². The van der Waals surface area contributed by atoms with E-state index in [-0.39, 0.29) is 6.10 Å². The van der Waals surface area contributed by atoms with E-state index in [0.29, 0.717) is 0 Å². The van der Waals surface area contributed by atoms with Gasteiger partial charge in [-0.15, -0.1) is 0 Å². The Bertz CT molecular complexity index is 688. The molecule has 1 aliphatic rings. The Morgan fingerprint density at radius 2 is 1.88 bits per heavy atom. The molecule has 6 heteroatoms. The van der Waals surface area contributed by atoms with Gasteiger partial charge in [-0.05, 0) is 60.5 Å². The first kappa shape index (κ1) is 18.6. The van der Waals surface area contributed by atoms with E-state index in [0.717, 1.165) is 49.9 Å². The number of nitrogens with one attached hydrogen (secondary N) is 1. The van der Waals surface area contributed by atoms with Gasteiger partial charge in [-0.3, -0.25) is 4.98 Å². The Balaban J connectivity index is 1.66. The maximum absolute atomic E-state index is 5.68. The minimum atomic E-state index is 0.261. The number of nitrogens with zero attached hydrogens (tertiary/aromatic N) is 2. The molecule has 1 aliphatic heterocycles. The van der Waals surface area contributed by atoms with E-state index in [1.165, 1.54) is 11.1 Å². The van der Waals surface area contributed by atoms with Crippen LogP contribution in [0.4, 0.5) is 0 Å². The van der Waals surface area contributed by atoms with Gasteiger partial charge in [0, 0.05) is 38.6 Å². The van der Waals surface area contributed by atoms with E-state index in [1.807, 2.05) is 36.7 Å². The molecule has 1 aromatic heterocycles. The van der Waals surface area contributed by atoms with E-state index in [4.69, 9.17) is 21.7 Å². The fourth-order valence-electron chi connectivity index (χ4n) is 2.98. The molecule has 0 amide bonds. The van der Waals surface area contributed by atoms with Gasteiger partial charge in [-0.1, -0.05) is 12.1 Å². The summed E-state index contributed by atoms with van der Waals surface area (Å²) >= 11 is 5.68. The summed E-state index contributed by atoms with van der Waals surface area (Å²) in [7, 11) is 1.68. The summed E-state index contributed by atoms with van der Waals surface area (Å²) < 4.78 is 10.9. The fraction of sp³-hybridized carbons (Fsp3) is 0.400. The molecular weight excluding hydrogens is 346 g/mol. The number of hydrogen-bond donors (Lipinski definition) is 1. The van der Waals surface area contributed by atoms with Gasteiger partial charge < -0.3 is 19.7 Å². The molecule has 1 N–H and O–H groups in total. The fourth-order valence-corrected chi connectivity index (χ4v) is 3.19. The Morgan fingerprint density at radius 3 is 2.50 bits per heavy atom. The van der Waals surface area contributed by atoms with Gasteiger partial charge in [0.1, 0.15) is 5.75 Å². The van der Waals surface area contributed by atoms with Gasteiger partial charge in [-0.2, -0.15) is 0 Å². The number of rotatable bonds is 7. The van der Waals surface area contributed by atoms with Crippen LogP contribution in [0, 0.1) is 0 Å². The first-order valence-electron chi connectivity index (χ1n) is 8.91. The molecule has 138 valence electrons. The smallest absolute Gasteiger partial charge is 0.169 e. The van der Waals surface area contributed by atoms with Crippen molar-refractivity contribution in [2.75, 3.05) is 20.3 Å². The van der Waals surface area contributed by atoms with Gasteiger partial charge >= 0.3 is 0 Å². The van der Waals surface area contributed by atoms with E-state index >= 15 is 0 Å². The van der Waals surface area contributed by atoms with Gasteiger partial charge in [0.2, 0.25) is 0 Å². The number of hydrogen-bond acceptors (Lipinski definition) is 4. The van der Waals surface area contributed by atoms with Crippen LogP contribution in [0.1, 0.15) is 24.0 Å². The molecule has 2 heterocycles. The molecule has 26 heavy (non-hydrogen) atoms. The van der Waals surface area contributed by atoms with Crippen LogP contribution in [-0.2, 0) is 17.8 Å². The lowest BCUT2D eigenvalue weighted by atomic mass is 10.2. The molecule has 0 aliphatic carbocycles. The van der Waals surface area contributed by atoms with Crippen molar-refractivity contribution in [1.82, 2.24) is 15.2 Å². The number of thiocarbonyl (C=S) groups is 1. The molecule has 2 aromatic rings. The van der Waals surface area contributed by atoms with Crippen LogP contribution in [0.2, 0.25) is 0 Å². The average molecular weight is 372 g/mol. The van der Waals surface area contributed by atoms with E-state index in [2.05, 4.69) is 27.3 Å². The topological polar surface area (TPSA) is 46.6 Å². The van der Waals surface area contributed by atoms with Crippen molar-refractivity contribution in [1.29, 1.82) is 0 Å². The third kappa shape index (κ3) is 5.41. The van der Waals surface area contributed by atoms with E-state index in [1.54, 1.807) is 7.11 Å². The second kappa shape index (κ2) is 9.50. The van der Waals surface area contributed by atoms with Crippen molar-refractivity contribution < 1.29 is 9.47 Å². The lowest BCUT2D eigenvalue weighted by Gasteiger charge is -2.27. The zero-order valence-electron chi connectivity index (χ0n) is 15.1. The predicted molar refractivity (Wildman–Crippen MR) is 106 cm³/mol. The van der Waals surface area contributed by atoms with Gasteiger partial charge in [0.15, 0.2) is 5.11 Å². The summed E-state index contributed by atoms with van der Waals surface area (Å²) in [5, 5.41) is 4.12. The number of aromatic nitrogens is 1. The van der Waals surface area contributed by atoms with Crippen molar-refractivity contribution >= 4 is 17.3 Å². The second-order valence-electron chi connectivity index (χ2n) is 6.38. The molecule has 5 nitrogen and oxygen atoms in total. The maximum atomic E-state index is 5.68. The molecule has 1 saturated heterocycles. The Kier molecular flexibility index (Phi) is 6.80. The first-order valence-corrected chi connectivity index (χ1v) is 9.31. The molecule has 1 aromatic carbocycles. The number of methoxy groups -OCH3 is 1. The molecule has 1 fully saturated rings. The standard InChI is InChI=1S/C20H25N3O2S/c1-24-18-6-4-16(5-7-18)14-23(15-17-8-10-21-11-9-17)20(26)22-13-19-3-2-12-25-19/h4-11,19H,2-3,12-15H2,1H3,(H,22,26). The molecule has 0 saturated carbocycles. The summed E-state index contributed by atoms with van der Waals surface area (Å²) in [6.07, 6.45) is 6.11. The van der Waals surface area contributed by atoms with Crippen molar-refractivity contribution in [3.05, 3.63) is 59.9 Å². The normalized spacial score (nSPS) is 16.3. The first-order chi connectivity index (χ1) is 12.7. The Hall–Kier alpha value is -2.18. The average Bonchev–Trinajstić information content (AvgIpc) is 3.20. The molecule has 0 spiro atoms. The van der Waals surface area contributed by atoms with Crippen LogP contribution in [0.3, 0.4) is 0 Å². The van der Waals surface area contributed by atoms with Gasteiger partial charge in [-0.25, -0.2) is 0 Å². The largest absolute Gasteiger partial charge is 0.497 e. The third-order valence-electron chi connectivity index (χ3n) is 4.45. The van der Waals surface area contributed by atoms with Crippen LogP contribution in [0.25, 0.3) is 0 Å². The summed E-state index contributed by atoms with van der Waals surface area (Å²) in [5.41, 5.74) is 2.36. The zero-order valence-corrected chi connectivity index (χ0v) is 15.9. The van der Waals surface area contributed by atoms with Crippen molar-refractivity contribution in [3.8, 4) is 5.75 Å². The Morgan fingerprint density at radius 1 is 1.19 bits per heavy atom. The Labute approximate surface area is 160 Å². The highest BCUT2D eigenvalue weighted by Gasteiger charge is 2.17. The highest BCUT2D eigenvalue weighted by Crippen LogP contribution is 2.15. The predicted octanol–water partition coefficient (Wildman–Crippen LogP) is 3.15. The minimum Gasteiger partial charge on any atom is -0.497 e.